The lowest BCUT2D eigenvalue weighted by Crippen LogP contribution is -2.42. The maximum Gasteiger partial charge on any atom is 0.271 e. The van der Waals surface area contributed by atoms with E-state index in [1.54, 1.807) is 31.0 Å². The highest BCUT2D eigenvalue weighted by Crippen LogP contribution is 2.34. The number of para-hydroxylation sites is 1. The van der Waals surface area contributed by atoms with Gasteiger partial charge in [0.15, 0.2) is 0 Å². The van der Waals surface area contributed by atoms with E-state index in [0.717, 1.165) is 20.6 Å². The SMILES string of the molecule is COc1ccc(-c2nn(-c3ccccc3)cc2/C=C2/C(=O)N(Cc3ccc(F)cc3)C(=O)C(C#N)=C2C)cc1Br. The van der Waals surface area contributed by atoms with E-state index in [2.05, 4.69) is 15.9 Å². The van der Waals surface area contributed by atoms with Crippen LogP contribution in [0.3, 0.4) is 0 Å². The first-order valence-electron chi connectivity index (χ1n) is 12.2. The lowest BCUT2D eigenvalue weighted by atomic mass is 9.93. The Hall–Kier alpha value is -4.81. The summed E-state index contributed by atoms with van der Waals surface area (Å²) >= 11 is 3.53. The van der Waals surface area contributed by atoms with E-state index in [-0.39, 0.29) is 23.3 Å². The predicted molar refractivity (Wildman–Crippen MR) is 151 cm³/mol. The highest BCUT2D eigenvalue weighted by molar-refractivity contribution is 9.10. The second kappa shape index (κ2) is 11.1. The van der Waals surface area contributed by atoms with E-state index >= 15 is 0 Å². The van der Waals surface area contributed by atoms with Gasteiger partial charge in [-0.25, -0.2) is 9.07 Å². The van der Waals surface area contributed by atoms with Crippen LogP contribution in [0, 0.1) is 17.1 Å². The van der Waals surface area contributed by atoms with Crippen molar-refractivity contribution in [1.82, 2.24) is 14.7 Å². The summed E-state index contributed by atoms with van der Waals surface area (Å²) < 4.78 is 21.2. The van der Waals surface area contributed by atoms with E-state index in [1.165, 1.54) is 24.3 Å². The maximum absolute atomic E-state index is 13.7. The van der Waals surface area contributed by atoms with Crippen LogP contribution in [-0.4, -0.2) is 33.6 Å². The van der Waals surface area contributed by atoms with Gasteiger partial charge < -0.3 is 4.74 Å². The molecule has 0 radical (unpaired) electrons. The summed E-state index contributed by atoms with van der Waals surface area (Å²) in [5.41, 5.74) is 3.67. The number of ether oxygens (including phenoxy) is 1. The molecule has 1 aromatic heterocycles. The predicted octanol–water partition coefficient (Wildman–Crippen LogP) is 6.24. The maximum atomic E-state index is 13.7. The van der Waals surface area contributed by atoms with E-state index in [9.17, 15) is 19.2 Å². The molecule has 5 rings (SSSR count). The molecule has 2 amide bonds. The van der Waals surface area contributed by atoms with Crippen molar-refractivity contribution in [3.8, 4) is 28.8 Å². The zero-order valence-corrected chi connectivity index (χ0v) is 23.1. The van der Waals surface area contributed by atoms with Crippen LogP contribution >= 0.6 is 15.9 Å². The van der Waals surface area contributed by atoms with E-state index in [0.29, 0.717) is 22.6 Å². The summed E-state index contributed by atoms with van der Waals surface area (Å²) in [7, 11) is 1.58. The fourth-order valence-electron chi connectivity index (χ4n) is 4.45. The lowest BCUT2D eigenvalue weighted by molar-refractivity contribution is -0.141. The number of hydrogen-bond acceptors (Lipinski definition) is 5. The number of halogens is 2. The van der Waals surface area contributed by atoms with Crippen molar-refractivity contribution >= 4 is 33.8 Å². The van der Waals surface area contributed by atoms with Crippen molar-refractivity contribution in [2.24, 2.45) is 0 Å². The Bertz CT molecular complexity index is 1730. The molecule has 9 heteroatoms. The molecule has 3 aromatic carbocycles. The number of hydrogen-bond donors (Lipinski definition) is 0. The Morgan fingerprint density at radius 1 is 1.05 bits per heavy atom. The number of imide groups is 1. The molecule has 0 N–H and O–H groups in total. The second-order valence-corrected chi connectivity index (χ2v) is 9.91. The van der Waals surface area contributed by atoms with Crippen LogP contribution < -0.4 is 4.74 Å². The number of aromatic nitrogens is 2. The third kappa shape index (κ3) is 5.09. The standard InChI is InChI=1S/C31H22BrFN4O3/c1-19-25(30(38)36(31(39)26(19)16-34)17-20-8-11-23(33)12-9-20)14-22-18-37(24-6-4-3-5-7-24)35-29(22)21-10-13-28(40-2)27(32)15-21/h3-15,18H,17H2,1-2H3/b25-14+. The van der Waals surface area contributed by atoms with Gasteiger partial charge in [0.2, 0.25) is 0 Å². The van der Waals surface area contributed by atoms with Crippen molar-refractivity contribution in [3.05, 3.63) is 117 Å². The zero-order chi connectivity index (χ0) is 28.4. The van der Waals surface area contributed by atoms with Gasteiger partial charge in [0, 0.05) is 22.9 Å². The first kappa shape index (κ1) is 26.8. The van der Waals surface area contributed by atoms with Gasteiger partial charge in [-0.2, -0.15) is 10.4 Å². The molecule has 0 fully saturated rings. The van der Waals surface area contributed by atoms with E-state index in [1.807, 2.05) is 54.6 Å². The van der Waals surface area contributed by atoms with Crippen molar-refractivity contribution in [1.29, 1.82) is 5.26 Å². The zero-order valence-electron chi connectivity index (χ0n) is 21.6. The summed E-state index contributed by atoms with van der Waals surface area (Å²) in [6, 6.07) is 22.5. The molecule has 0 aliphatic carbocycles. The van der Waals surface area contributed by atoms with E-state index < -0.39 is 17.6 Å². The molecule has 198 valence electrons. The topological polar surface area (TPSA) is 88.2 Å². The summed E-state index contributed by atoms with van der Waals surface area (Å²) in [6.45, 7) is 1.48. The number of rotatable bonds is 6. The van der Waals surface area contributed by atoms with Crippen LogP contribution in [0.1, 0.15) is 18.1 Å². The monoisotopic (exact) mass is 596 g/mol. The van der Waals surface area contributed by atoms with Crippen LogP contribution in [-0.2, 0) is 16.1 Å². The first-order valence-corrected chi connectivity index (χ1v) is 13.0. The Morgan fingerprint density at radius 2 is 1.77 bits per heavy atom. The number of nitrogens with zero attached hydrogens (tertiary/aromatic N) is 4. The number of methoxy groups -OCH3 is 1. The molecule has 40 heavy (non-hydrogen) atoms. The fourth-order valence-corrected chi connectivity index (χ4v) is 4.99. The number of amides is 2. The van der Waals surface area contributed by atoms with Gasteiger partial charge in [-0.1, -0.05) is 30.3 Å². The van der Waals surface area contributed by atoms with Gasteiger partial charge in [-0.15, -0.1) is 0 Å². The fraction of sp³-hybridized carbons (Fsp3) is 0.0968. The number of benzene rings is 3. The molecule has 0 unspecified atom stereocenters. The van der Waals surface area contributed by atoms with Crippen LogP contribution in [0.4, 0.5) is 4.39 Å². The van der Waals surface area contributed by atoms with Gasteiger partial charge in [-0.05, 0) is 82.5 Å². The quantitative estimate of drug-likeness (QED) is 0.194. The minimum absolute atomic E-state index is 0.102. The molecular formula is C31H22BrFN4O3. The third-order valence-corrected chi connectivity index (χ3v) is 7.19. The lowest BCUT2D eigenvalue weighted by Gasteiger charge is -2.27. The average molecular weight is 597 g/mol. The molecular weight excluding hydrogens is 575 g/mol. The largest absolute Gasteiger partial charge is 0.496 e. The van der Waals surface area contributed by atoms with Gasteiger partial charge in [0.05, 0.1) is 23.8 Å². The Kier molecular flexibility index (Phi) is 7.45. The van der Waals surface area contributed by atoms with Gasteiger partial charge >= 0.3 is 0 Å². The molecule has 0 atom stereocenters. The Morgan fingerprint density at radius 3 is 2.42 bits per heavy atom. The van der Waals surface area contributed by atoms with Gasteiger partial charge in [0.25, 0.3) is 11.8 Å². The number of nitriles is 1. The molecule has 1 aliphatic rings. The average Bonchev–Trinajstić information content (AvgIpc) is 3.39. The molecule has 4 aromatic rings. The minimum atomic E-state index is -0.689. The molecule has 7 nitrogen and oxygen atoms in total. The Labute approximate surface area is 238 Å². The number of carbonyl (C=O) groups excluding carboxylic acids is 2. The van der Waals surface area contributed by atoms with Crippen LogP contribution in [0.25, 0.3) is 23.0 Å². The van der Waals surface area contributed by atoms with E-state index in [4.69, 9.17) is 9.84 Å². The molecule has 0 spiro atoms. The summed E-state index contributed by atoms with van der Waals surface area (Å²) in [5, 5.41) is 14.6. The van der Waals surface area contributed by atoms with Gasteiger partial charge in [0.1, 0.15) is 28.9 Å². The van der Waals surface area contributed by atoms with Crippen LogP contribution in [0.5, 0.6) is 5.75 Å². The molecule has 2 heterocycles. The highest BCUT2D eigenvalue weighted by atomic mass is 79.9. The van der Waals surface area contributed by atoms with Crippen molar-refractivity contribution in [2.75, 3.05) is 7.11 Å². The molecule has 0 bridgehead atoms. The van der Waals surface area contributed by atoms with Gasteiger partial charge in [-0.3, -0.25) is 14.5 Å². The summed E-state index contributed by atoms with van der Waals surface area (Å²) in [6.07, 6.45) is 3.45. The smallest absolute Gasteiger partial charge is 0.271 e. The summed E-state index contributed by atoms with van der Waals surface area (Å²) in [4.78, 5) is 27.8. The second-order valence-electron chi connectivity index (χ2n) is 9.06. The van der Waals surface area contributed by atoms with Crippen LogP contribution in [0.15, 0.2) is 100 Å². The molecule has 0 saturated carbocycles. The molecule has 1 aliphatic heterocycles. The minimum Gasteiger partial charge on any atom is -0.496 e. The highest BCUT2D eigenvalue weighted by Gasteiger charge is 2.35. The summed E-state index contributed by atoms with van der Waals surface area (Å²) in [5.74, 6) is -1.02. The number of carbonyl (C=O) groups is 2. The van der Waals surface area contributed by atoms with Crippen molar-refractivity contribution in [3.63, 3.8) is 0 Å². The van der Waals surface area contributed by atoms with Crippen molar-refractivity contribution in [2.45, 2.75) is 13.5 Å². The van der Waals surface area contributed by atoms with Crippen molar-refractivity contribution < 1.29 is 18.7 Å². The Balaban J connectivity index is 1.65. The normalized spacial score (nSPS) is 14.6. The third-order valence-electron chi connectivity index (χ3n) is 6.57. The first-order chi connectivity index (χ1) is 19.3. The van der Waals surface area contributed by atoms with Crippen LogP contribution in [0.2, 0.25) is 0 Å². The molecule has 0 saturated heterocycles.